The summed E-state index contributed by atoms with van der Waals surface area (Å²) in [5, 5.41) is 37.2. The van der Waals surface area contributed by atoms with Crippen molar-refractivity contribution >= 4 is 69.5 Å². The number of carboxylic acid groups (broad SMARTS) is 2. The van der Waals surface area contributed by atoms with E-state index in [1.54, 1.807) is 0 Å². The molecule has 4 heterocycles. The molecule has 5 N–H and O–H groups in total. The van der Waals surface area contributed by atoms with Gasteiger partial charge in [0.2, 0.25) is 5.16 Å². The summed E-state index contributed by atoms with van der Waals surface area (Å²) in [6, 6.07) is -1.01. The molecule has 2 aliphatic heterocycles. The zero-order chi connectivity index (χ0) is 27.4. The Morgan fingerprint density at radius 3 is 2.84 bits per heavy atom. The van der Waals surface area contributed by atoms with E-state index in [-0.39, 0.29) is 45.5 Å². The molecule has 1 saturated heterocycles. The number of carbonyl (C=O) groups excluding carboxylic acids is 2. The largest absolute Gasteiger partial charge is 0.480 e. The van der Waals surface area contributed by atoms with Crippen LogP contribution in [0.5, 0.6) is 0 Å². The van der Waals surface area contributed by atoms with E-state index in [0.717, 1.165) is 32.7 Å². The van der Waals surface area contributed by atoms with E-state index in [0.29, 0.717) is 5.57 Å². The second kappa shape index (κ2) is 11.6. The Bertz CT molecular complexity index is 1350. The Balaban J connectivity index is 1.48. The van der Waals surface area contributed by atoms with E-state index in [2.05, 4.69) is 37.6 Å². The van der Waals surface area contributed by atoms with Gasteiger partial charge >= 0.3 is 11.9 Å². The number of nitrogens with one attached hydrogen (secondary N) is 1. The normalized spacial score (nSPS) is 19.0. The molecule has 2 aliphatic rings. The van der Waals surface area contributed by atoms with Gasteiger partial charge in [-0.1, -0.05) is 29.6 Å². The van der Waals surface area contributed by atoms with Crippen molar-refractivity contribution in [3.63, 3.8) is 0 Å². The van der Waals surface area contributed by atoms with Crippen LogP contribution in [0.15, 0.2) is 39.6 Å². The number of hydrogen-bond donors (Lipinski definition) is 4. The van der Waals surface area contributed by atoms with Gasteiger partial charge in [0, 0.05) is 16.9 Å². The van der Waals surface area contributed by atoms with E-state index < -0.39 is 41.7 Å². The van der Waals surface area contributed by atoms with E-state index in [1.807, 2.05) is 0 Å². The summed E-state index contributed by atoms with van der Waals surface area (Å²) in [6.45, 7) is 3.08. The minimum absolute atomic E-state index is 0.0290. The smallest absolute Gasteiger partial charge is 0.352 e. The van der Waals surface area contributed by atoms with Gasteiger partial charge in [-0.15, -0.1) is 28.2 Å². The Morgan fingerprint density at radius 1 is 1.39 bits per heavy atom. The number of thiazole rings is 1. The quantitative estimate of drug-likeness (QED) is 0.0603. The molecule has 2 amide bonds. The Labute approximate surface area is 226 Å². The Hall–Kier alpha value is -3.97. The standard InChI is InChI=1S/C19H19N9O7S3/c1-2-3-35-24-11(9-7-37-18(20)21-9)14(31)22-12-15(32)28-13(17(33)34)8(5-36-16(12)28)6-38-19-23-25-26-27(19)4-10(29)30/h2,7,12,16H,1,3-6H2,(H2,20,21)(H,22,31)(H,29,30)(H,33,34)/b24-11-/t12?,16-/m1/s1. The number of aliphatic carboxylic acids is 2. The molecule has 1 fully saturated rings. The minimum atomic E-state index is -1.31. The van der Waals surface area contributed by atoms with Crippen LogP contribution in [-0.4, -0.2) is 99.3 Å². The second-order valence-electron chi connectivity index (χ2n) is 7.52. The molecule has 1 unspecified atom stereocenters. The number of nitrogens with zero attached hydrogens (tertiary/aromatic N) is 7. The maximum Gasteiger partial charge on any atom is 0.352 e. The van der Waals surface area contributed by atoms with Crippen LogP contribution in [0, 0.1) is 0 Å². The van der Waals surface area contributed by atoms with Crippen LogP contribution in [0.3, 0.4) is 0 Å². The number of β-lactam (4-membered cyclic amide) rings is 1. The number of hydrogen-bond acceptors (Lipinski definition) is 14. The molecule has 0 radical (unpaired) electrons. The first-order valence-corrected chi connectivity index (χ1v) is 13.5. The van der Waals surface area contributed by atoms with Crippen molar-refractivity contribution in [1.82, 2.24) is 35.4 Å². The molecule has 0 aliphatic carbocycles. The van der Waals surface area contributed by atoms with Gasteiger partial charge in [0.1, 0.15) is 36.0 Å². The first-order valence-electron chi connectivity index (χ1n) is 10.5. The lowest BCUT2D eigenvalue weighted by Crippen LogP contribution is -2.71. The predicted molar refractivity (Wildman–Crippen MR) is 135 cm³/mol. The molecule has 2 aromatic heterocycles. The van der Waals surface area contributed by atoms with Gasteiger partial charge in [-0.05, 0) is 16.0 Å². The number of anilines is 1. The highest BCUT2D eigenvalue weighted by molar-refractivity contribution is 8.01. The van der Waals surface area contributed by atoms with Crippen molar-refractivity contribution in [2.24, 2.45) is 5.16 Å². The highest BCUT2D eigenvalue weighted by atomic mass is 32.2. The third-order valence-electron chi connectivity index (χ3n) is 5.02. The molecule has 4 rings (SSSR count). The number of rotatable bonds is 12. The first-order chi connectivity index (χ1) is 18.2. The van der Waals surface area contributed by atoms with Gasteiger partial charge in [-0.2, -0.15) is 0 Å². The molecule has 2 atom stereocenters. The summed E-state index contributed by atoms with van der Waals surface area (Å²) in [5.74, 6) is -3.47. The van der Waals surface area contributed by atoms with E-state index >= 15 is 0 Å². The van der Waals surface area contributed by atoms with Crippen LogP contribution < -0.4 is 11.1 Å². The zero-order valence-electron chi connectivity index (χ0n) is 19.2. The second-order valence-corrected chi connectivity index (χ2v) is 10.5. The van der Waals surface area contributed by atoms with Crippen LogP contribution in [0.2, 0.25) is 0 Å². The third kappa shape index (κ3) is 5.63. The number of aromatic nitrogens is 5. The monoisotopic (exact) mass is 581 g/mol. The number of amides is 2. The van der Waals surface area contributed by atoms with Crippen LogP contribution >= 0.6 is 34.9 Å². The fraction of sp³-hybridized carbons (Fsp3) is 0.316. The van der Waals surface area contributed by atoms with E-state index in [4.69, 9.17) is 15.7 Å². The highest BCUT2D eigenvalue weighted by Gasteiger charge is 2.54. The maximum absolute atomic E-state index is 13.0. The van der Waals surface area contributed by atoms with Crippen molar-refractivity contribution in [2.45, 2.75) is 23.1 Å². The van der Waals surface area contributed by atoms with E-state index in [9.17, 15) is 24.3 Å². The van der Waals surface area contributed by atoms with Gasteiger partial charge in [0.15, 0.2) is 10.8 Å². The van der Waals surface area contributed by atoms with Gasteiger partial charge < -0.3 is 26.1 Å². The van der Waals surface area contributed by atoms with E-state index in [1.165, 1.54) is 23.2 Å². The molecule has 0 aromatic carbocycles. The minimum Gasteiger partial charge on any atom is -0.480 e. The topological polar surface area (TPSA) is 228 Å². The van der Waals surface area contributed by atoms with Crippen LogP contribution in [0.1, 0.15) is 5.69 Å². The average Bonchev–Trinajstić information content (AvgIpc) is 3.50. The summed E-state index contributed by atoms with van der Waals surface area (Å²) < 4.78 is 1.07. The molecule has 0 bridgehead atoms. The lowest BCUT2D eigenvalue weighted by Gasteiger charge is -2.49. The average molecular weight is 582 g/mol. The van der Waals surface area contributed by atoms with Crippen molar-refractivity contribution < 1.29 is 34.2 Å². The number of oxime groups is 1. The third-order valence-corrected chi connectivity index (χ3v) is 8.08. The molecule has 38 heavy (non-hydrogen) atoms. The number of carbonyl (C=O) groups is 4. The lowest BCUT2D eigenvalue weighted by atomic mass is 10.0. The highest BCUT2D eigenvalue weighted by Crippen LogP contribution is 2.41. The van der Waals surface area contributed by atoms with Crippen LogP contribution in [0.25, 0.3) is 0 Å². The molecule has 0 spiro atoms. The van der Waals surface area contributed by atoms with Crippen molar-refractivity contribution in [3.05, 3.63) is 35.0 Å². The van der Waals surface area contributed by atoms with Crippen molar-refractivity contribution in [2.75, 3.05) is 23.8 Å². The van der Waals surface area contributed by atoms with Gasteiger partial charge in [0.25, 0.3) is 11.8 Å². The molecular formula is C19H19N9O7S3. The number of carboxylic acids is 2. The van der Waals surface area contributed by atoms with Gasteiger partial charge in [-0.25, -0.2) is 14.5 Å². The summed E-state index contributed by atoms with van der Waals surface area (Å²) in [7, 11) is 0. The van der Waals surface area contributed by atoms with Crippen LogP contribution in [-0.2, 0) is 30.6 Å². The predicted octanol–water partition coefficient (Wildman–Crippen LogP) is -0.766. The SMILES string of the molecule is C=CCO/N=C(\C(=O)NC1C(=O)N2C(C(=O)O)=C(CSc3nnnn3CC(=O)O)CS[C@H]12)c1csc(N)n1. The zero-order valence-corrected chi connectivity index (χ0v) is 21.7. The van der Waals surface area contributed by atoms with Crippen molar-refractivity contribution in [1.29, 1.82) is 0 Å². The first kappa shape index (κ1) is 27.1. The molecule has 16 nitrogen and oxygen atoms in total. The molecule has 19 heteroatoms. The van der Waals surface area contributed by atoms with Gasteiger partial charge in [0.05, 0.1) is 0 Å². The van der Waals surface area contributed by atoms with Gasteiger partial charge in [-0.3, -0.25) is 19.3 Å². The summed E-state index contributed by atoms with van der Waals surface area (Å²) >= 11 is 3.40. The fourth-order valence-electron chi connectivity index (χ4n) is 3.44. The number of nitrogen functional groups attached to an aromatic ring is 1. The fourth-order valence-corrected chi connectivity index (χ4v) is 6.35. The number of tetrazole rings is 1. The number of thioether (sulfide) groups is 2. The summed E-state index contributed by atoms with van der Waals surface area (Å²) in [4.78, 5) is 59.3. The number of fused-ring (bicyclic) bond motifs is 1. The number of nitrogens with two attached hydrogens (primary N) is 1. The molecule has 0 saturated carbocycles. The Morgan fingerprint density at radius 2 is 2.18 bits per heavy atom. The molecular weight excluding hydrogens is 562 g/mol. The summed E-state index contributed by atoms with van der Waals surface area (Å²) in [5.41, 5.74) is 5.84. The van der Waals surface area contributed by atoms with Crippen LogP contribution in [0.4, 0.5) is 5.13 Å². The Kier molecular flexibility index (Phi) is 8.27. The van der Waals surface area contributed by atoms with Crippen molar-refractivity contribution in [3.8, 4) is 0 Å². The lowest BCUT2D eigenvalue weighted by molar-refractivity contribution is -0.150. The molecule has 200 valence electrons. The maximum atomic E-state index is 13.0. The summed E-state index contributed by atoms with van der Waals surface area (Å²) in [6.07, 6.45) is 1.43. The molecule has 2 aromatic rings.